The van der Waals surface area contributed by atoms with Crippen molar-refractivity contribution in [1.82, 2.24) is 10.3 Å². The number of nitrogens with one attached hydrogen (secondary N) is 2. The zero-order chi connectivity index (χ0) is 19.1. The van der Waals surface area contributed by atoms with Crippen LogP contribution in [0.25, 0.3) is 0 Å². The molecule has 27 heavy (non-hydrogen) atoms. The number of halogens is 1. The highest BCUT2D eigenvalue weighted by molar-refractivity contribution is 7.14. The minimum absolute atomic E-state index is 0.140. The van der Waals surface area contributed by atoms with Crippen molar-refractivity contribution in [1.29, 1.82) is 0 Å². The van der Waals surface area contributed by atoms with Gasteiger partial charge in [0.15, 0.2) is 5.13 Å². The van der Waals surface area contributed by atoms with E-state index in [0.717, 1.165) is 5.56 Å². The summed E-state index contributed by atoms with van der Waals surface area (Å²) in [5.41, 5.74) is 2.10. The smallest absolute Gasteiger partial charge is 0.257 e. The van der Waals surface area contributed by atoms with Gasteiger partial charge in [-0.25, -0.2) is 9.37 Å². The highest BCUT2D eigenvalue weighted by Crippen LogP contribution is 2.17. The van der Waals surface area contributed by atoms with Gasteiger partial charge in [-0.15, -0.1) is 11.3 Å². The highest BCUT2D eigenvalue weighted by Gasteiger charge is 2.11. The van der Waals surface area contributed by atoms with Crippen LogP contribution in [0.1, 0.15) is 21.6 Å². The summed E-state index contributed by atoms with van der Waals surface area (Å²) in [4.78, 5) is 28.4. The van der Waals surface area contributed by atoms with Crippen LogP contribution in [-0.2, 0) is 17.6 Å². The Labute approximate surface area is 160 Å². The second-order valence-electron chi connectivity index (χ2n) is 5.87. The topological polar surface area (TPSA) is 71.1 Å². The fourth-order valence-electron chi connectivity index (χ4n) is 2.43. The SMILES string of the molecule is O=C(Cc1csc(NC(=O)c2ccccc2)n1)NCCc1ccc(F)cc1. The number of carbonyl (C=O) groups excluding carboxylic acids is 2. The molecular weight excluding hydrogens is 365 g/mol. The van der Waals surface area contributed by atoms with Gasteiger partial charge < -0.3 is 5.32 Å². The van der Waals surface area contributed by atoms with Crippen molar-refractivity contribution in [3.63, 3.8) is 0 Å². The number of rotatable bonds is 7. The minimum Gasteiger partial charge on any atom is -0.355 e. The fourth-order valence-corrected chi connectivity index (χ4v) is 3.13. The maximum atomic E-state index is 12.9. The van der Waals surface area contributed by atoms with Gasteiger partial charge in [0.1, 0.15) is 5.82 Å². The summed E-state index contributed by atoms with van der Waals surface area (Å²) in [5, 5.41) is 7.75. The zero-order valence-electron chi connectivity index (χ0n) is 14.4. The first kappa shape index (κ1) is 18.7. The molecule has 138 valence electrons. The van der Waals surface area contributed by atoms with Crippen LogP contribution in [0.5, 0.6) is 0 Å². The van der Waals surface area contributed by atoms with Crippen LogP contribution >= 0.6 is 11.3 Å². The largest absolute Gasteiger partial charge is 0.355 e. The molecule has 2 amide bonds. The van der Waals surface area contributed by atoms with Crippen molar-refractivity contribution < 1.29 is 14.0 Å². The molecule has 0 bridgehead atoms. The molecule has 0 saturated heterocycles. The van der Waals surface area contributed by atoms with Crippen molar-refractivity contribution in [2.24, 2.45) is 0 Å². The van der Waals surface area contributed by atoms with E-state index < -0.39 is 0 Å². The third-order valence-electron chi connectivity index (χ3n) is 3.80. The molecule has 0 radical (unpaired) electrons. The van der Waals surface area contributed by atoms with Crippen LogP contribution < -0.4 is 10.6 Å². The number of nitrogens with zero attached hydrogens (tertiary/aromatic N) is 1. The number of amides is 2. The Bertz CT molecular complexity index is 910. The van der Waals surface area contributed by atoms with Crippen LogP contribution in [0.3, 0.4) is 0 Å². The second-order valence-corrected chi connectivity index (χ2v) is 6.73. The van der Waals surface area contributed by atoms with Crippen molar-refractivity contribution in [3.8, 4) is 0 Å². The molecule has 0 fully saturated rings. The van der Waals surface area contributed by atoms with E-state index >= 15 is 0 Å². The average molecular weight is 383 g/mol. The van der Waals surface area contributed by atoms with Crippen LogP contribution in [0.4, 0.5) is 9.52 Å². The highest BCUT2D eigenvalue weighted by atomic mass is 32.1. The van der Waals surface area contributed by atoms with Crippen molar-refractivity contribution in [2.75, 3.05) is 11.9 Å². The molecule has 0 spiro atoms. The lowest BCUT2D eigenvalue weighted by Crippen LogP contribution is -2.27. The lowest BCUT2D eigenvalue weighted by molar-refractivity contribution is -0.120. The molecule has 3 aromatic rings. The van der Waals surface area contributed by atoms with Gasteiger partial charge >= 0.3 is 0 Å². The van der Waals surface area contributed by atoms with Crippen LogP contribution in [0, 0.1) is 5.82 Å². The average Bonchev–Trinajstić information content (AvgIpc) is 3.10. The van der Waals surface area contributed by atoms with E-state index in [4.69, 9.17) is 0 Å². The molecule has 2 N–H and O–H groups in total. The molecular formula is C20H18FN3O2S. The predicted molar refractivity (Wildman–Crippen MR) is 103 cm³/mol. The quantitative estimate of drug-likeness (QED) is 0.657. The van der Waals surface area contributed by atoms with E-state index in [1.807, 2.05) is 6.07 Å². The number of carbonyl (C=O) groups is 2. The van der Waals surface area contributed by atoms with E-state index in [2.05, 4.69) is 15.6 Å². The molecule has 2 aromatic carbocycles. The maximum absolute atomic E-state index is 12.9. The Hall–Kier alpha value is -3.06. The molecule has 0 unspecified atom stereocenters. The third-order valence-corrected chi connectivity index (χ3v) is 4.61. The summed E-state index contributed by atoms with van der Waals surface area (Å²) in [6, 6.07) is 15.1. The Balaban J connectivity index is 1.45. The number of benzene rings is 2. The third kappa shape index (κ3) is 5.72. The summed E-state index contributed by atoms with van der Waals surface area (Å²) in [6.45, 7) is 0.464. The number of hydrogen-bond acceptors (Lipinski definition) is 4. The molecule has 0 atom stereocenters. The normalized spacial score (nSPS) is 10.4. The molecule has 5 nitrogen and oxygen atoms in total. The second kappa shape index (κ2) is 9.05. The molecule has 7 heteroatoms. The van der Waals surface area contributed by atoms with Gasteiger partial charge in [0.2, 0.25) is 5.91 Å². The predicted octanol–water partition coefficient (Wildman–Crippen LogP) is 3.44. The fraction of sp³-hybridized carbons (Fsp3) is 0.150. The molecule has 0 aliphatic heterocycles. The first-order valence-electron chi connectivity index (χ1n) is 8.42. The number of thiazole rings is 1. The lowest BCUT2D eigenvalue weighted by Gasteiger charge is -2.04. The Morgan fingerprint density at radius 3 is 2.52 bits per heavy atom. The van der Waals surface area contributed by atoms with Gasteiger partial charge in [0.25, 0.3) is 5.91 Å². The van der Waals surface area contributed by atoms with Gasteiger partial charge in [0, 0.05) is 17.5 Å². The van der Waals surface area contributed by atoms with Gasteiger partial charge in [0.05, 0.1) is 12.1 Å². The van der Waals surface area contributed by atoms with E-state index in [1.165, 1.54) is 23.5 Å². The Kier molecular flexibility index (Phi) is 6.27. The van der Waals surface area contributed by atoms with E-state index in [1.54, 1.807) is 41.8 Å². The van der Waals surface area contributed by atoms with Gasteiger partial charge in [-0.05, 0) is 36.2 Å². The van der Waals surface area contributed by atoms with Crippen molar-refractivity contribution in [2.45, 2.75) is 12.8 Å². The molecule has 0 aliphatic rings. The summed E-state index contributed by atoms with van der Waals surface area (Å²) in [5.74, 6) is -0.662. The standard InChI is InChI=1S/C20H18FN3O2S/c21-16-8-6-14(7-9-16)10-11-22-18(25)12-17-13-27-20(23-17)24-19(26)15-4-2-1-3-5-15/h1-9,13H,10-12H2,(H,22,25)(H,23,24,26). The molecule has 0 aliphatic carbocycles. The lowest BCUT2D eigenvalue weighted by atomic mass is 10.1. The Morgan fingerprint density at radius 1 is 1.04 bits per heavy atom. The maximum Gasteiger partial charge on any atom is 0.257 e. The minimum atomic E-state index is -0.276. The molecule has 1 aromatic heterocycles. The molecule has 3 rings (SSSR count). The van der Waals surface area contributed by atoms with Crippen LogP contribution in [-0.4, -0.2) is 23.3 Å². The van der Waals surface area contributed by atoms with Crippen LogP contribution in [0.15, 0.2) is 60.0 Å². The Morgan fingerprint density at radius 2 is 1.78 bits per heavy atom. The summed E-state index contributed by atoms with van der Waals surface area (Å²) in [6.07, 6.45) is 0.766. The number of anilines is 1. The van der Waals surface area contributed by atoms with E-state index in [9.17, 15) is 14.0 Å². The summed E-state index contributed by atoms with van der Waals surface area (Å²) >= 11 is 1.28. The summed E-state index contributed by atoms with van der Waals surface area (Å²) in [7, 11) is 0. The molecule has 0 saturated carbocycles. The monoisotopic (exact) mass is 383 g/mol. The van der Waals surface area contributed by atoms with Gasteiger partial charge in [-0.1, -0.05) is 30.3 Å². The van der Waals surface area contributed by atoms with E-state index in [-0.39, 0.29) is 24.1 Å². The van der Waals surface area contributed by atoms with Crippen LogP contribution in [0.2, 0.25) is 0 Å². The number of hydrogen-bond donors (Lipinski definition) is 2. The number of aromatic nitrogens is 1. The zero-order valence-corrected chi connectivity index (χ0v) is 15.3. The molecule has 1 heterocycles. The van der Waals surface area contributed by atoms with Crippen molar-refractivity contribution in [3.05, 3.63) is 82.6 Å². The first-order chi connectivity index (χ1) is 13.1. The van der Waals surface area contributed by atoms with Gasteiger partial charge in [-0.3, -0.25) is 14.9 Å². The first-order valence-corrected chi connectivity index (χ1v) is 9.30. The van der Waals surface area contributed by atoms with Gasteiger partial charge in [-0.2, -0.15) is 0 Å². The summed E-state index contributed by atoms with van der Waals surface area (Å²) < 4.78 is 12.9. The van der Waals surface area contributed by atoms with E-state index in [0.29, 0.717) is 29.4 Å². The van der Waals surface area contributed by atoms with Crippen molar-refractivity contribution >= 4 is 28.3 Å².